The van der Waals surface area contributed by atoms with Gasteiger partial charge in [-0.2, -0.15) is 0 Å². The van der Waals surface area contributed by atoms with Crippen LogP contribution in [-0.2, 0) is 4.79 Å². The highest BCUT2D eigenvalue weighted by Crippen LogP contribution is 2.30. The first kappa shape index (κ1) is 9.97. The second kappa shape index (κ2) is 3.89. The first-order valence-electron chi connectivity index (χ1n) is 5.76. The summed E-state index contributed by atoms with van der Waals surface area (Å²) < 4.78 is 0. The van der Waals surface area contributed by atoms with Crippen LogP contribution in [0.1, 0.15) is 32.6 Å². The fourth-order valence-electron chi connectivity index (χ4n) is 2.42. The van der Waals surface area contributed by atoms with E-state index in [1.807, 2.05) is 4.90 Å². The van der Waals surface area contributed by atoms with E-state index >= 15 is 0 Å². The van der Waals surface area contributed by atoms with Gasteiger partial charge in [0.15, 0.2) is 0 Å². The predicted molar refractivity (Wildman–Crippen MR) is 55.7 cm³/mol. The molecule has 0 aromatic heterocycles. The topological polar surface area (TPSA) is 46.3 Å². The molecule has 2 unspecified atom stereocenters. The Kier molecular flexibility index (Phi) is 2.77. The van der Waals surface area contributed by atoms with E-state index in [1.165, 1.54) is 6.42 Å². The number of nitrogens with two attached hydrogens (primary N) is 1. The summed E-state index contributed by atoms with van der Waals surface area (Å²) in [6, 6.07) is 0.212. The number of hydrogen-bond acceptors (Lipinski definition) is 2. The van der Waals surface area contributed by atoms with Crippen LogP contribution in [0.2, 0.25) is 0 Å². The lowest BCUT2D eigenvalue weighted by Gasteiger charge is -2.29. The summed E-state index contributed by atoms with van der Waals surface area (Å²) in [7, 11) is 0. The Labute approximate surface area is 85.6 Å². The number of carbonyl (C=O) groups excluding carboxylic acids is 1. The van der Waals surface area contributed by atoms with E-state index in [-0.39, 0.29) is 6.04 Å². The average molecular weight is 196 g/mol. The van der Waals surface area contributed by atoms with Crippen molar-refractivity contribution < 1.29 is 4.79 Å². The average Bonchev–Trinajstić information content (AvgIpc) is 2.43. The van der Waals surface area contributed by atoms with Gasteiger partial charge in [-0.25, -0.2) is 0 Å². The minimum Gasteiger partial charge on any atom is -0.341 e. The van der Waals surface area contributed by atoms with Gasteiger partial charge in [-0.05, 0) is 18.8 Å². The zero-order chi connectivity index (χ0) is 10.1. The second-order valence-corrected chi connectivity index (χ2v) is 4.70. The molecule has 1 heterocycles. The van der Waals surface area contributed by atoms with Gasteiger partial charge in [-0.15, -0.1) is 0 Å². The Morgan fingerprint density at radius 1 is 1.43 bits per heavy atom. The molecule has 0 radical (unpaired) electrons. The van der Waals surface area contributed by atoms with Gasteiger partial charge in [0.25, 0.3) is 0 Å². The van der Waals surface area contributed by atoms with E-state index in [2.05, 4.69) is 6.92 Å². The van der Waals surface area contributed by atoms with E-state index < -0.39 is 0 Å². The largest absolute Gasteiger partial charge is 0.341 e. The van der Waals surface area contributed by atoms with Crippen molar-refractivity contribution in [1.82, 2.24) is 4.90 Å². The zero-order valence-corrected chi connectivity index (χ0v) is 8.91. The molecule has 1 amide bonds. The van der Waals surface area contributed by atoms with Gasteiger partial charge in [0.1, 0.15) is 0 Å². The van der Waals surface area contributed by atoms with Crippen molar-refractivity contribution in [1.29, 1.82) is 0 Å². The van der Waals surface area contributed by atoms with Crippen molar-refractivity contribution in [2.45, 2.75) is 38.6 Å². The quantitative estimate of drug-likeness (QED) is 0.715. The summed E-state index contributed by atoms with van der Waals surface area (Å²) in [5.74, 6) is 1.22. The van der Waals surface area contributed by atoms with Crippen molar-refractivity contribution >= 4 is 5.91 Å². The predicted octanol–water partition coefficient (Wildman–Crippen LogP) is 0.982. The SMILES string of the molecule is CCC1CN(C(=O)C2CCC2)CC1N. The monoisotopic (exact) mass is 196 g/mol. The molecule has 2 atom stereocenters. The fraction of sp³-hybridized carbons (Fsp3) is 0.909. The molecule has 1 saturated heterocycles. The van der Waals surface area contributed by atoms with E-state index in [4.69, 9.17) is 5.73 Å². The molecule has 0 aromatic carbocycles. The number of amides is 1. The van der Waals surface area contributed by atoms with Crippen LogP contribution in [0.5, 0.6) is 0 Å². The van der Waals surface area contributed by atoms with Crippen LogP contribution in [0, 0.1) is 11.8 Å². The molecule has 2 fully saturated rings. The molecular weight excluding hydrogens is 176 g/mol. The van der Waals surface area contributed by atoms with Crippen LogP contribution in [-0.4, -0.2) is 29.9 Å². The highest BCUT2D eigenvalue weighted by Gasteiger charge is 2.36. The lowest BCUT2D eigenvalue weighted by atomic mass is 9.84. The molecule has 1 aliphatic carbocycles. The summed E-state index contributed by atoms with van der Waals surface area (Å²) in [4.78, 5) is 13.9. The Morgan fingerprint density at radius 2 is 2.14 bits per heavy atom. The van der Waals surface area contributed by atoms with E-state index in [9.17, 15) is 4.79 Å². The summed E-state index contributed by atoms with van der Waals surface area (Å²) in [6.45, 7) is 3.84. The van der Waals surface area contributed by atoms with Crippen molar-refractivity contribution in [2.24, 2.45) is 17.6 Å². The van der Waals surface area contributed by atoms with Crippen LogP contribution in [0.25, 0.3) is 0 Å². The third-order valence-corrected chi connectivity index (χ3v) is 3.78. The minimum absolute atomic E-state index is 0.212. The fourth-order valence-corrected chi connectivity index (χ4v) is 2.42. The van der Waals surface area contributed by atoms with Gasteiger partial charge < -0.3 is 10.6 Å². The van der Waals surface area contributed by atoms with Gasteiger partial charge in [0.05, 0.1) is 0 Å². The number of rotatable bonds is 2. The number of hydrogen-bond donors (Lipinski definition) is 1. The third-order valence-electron chi connectivity index (χ3n) is 3.78. The normalized spacial score (nSPS) is 33.1. The maximum Gasteiger partial charge on any atom is 0.225 e. The number of carbonyl (C=O) groups is 1. The first-order valence-corrected chi connectivity index (χ1v) is 5.76. The van der Waals surface area contributed by atoms with Gasteiger partial charge in [0, 0.05) is 25.0 Å². The third kappa shape index (κ3) is 1.65. The minimum atomic E-state index is 0.212. The number of nitrogens with zero attached hydrogens (tertiary/aromatic N) is 1. The van der Waals surface area contributed by atoms with Crippen molar-refractivity contribution in [3.8, 4) is 0 Å². The maximum atomic E-state index is 11.9. The summed E-state index contributed by atoms with van der Waals surface area (Å²) in [5.41, 5.74) is 5.98. The second-order valence-electron chi connectivity index (χ2n) is 4.70. The van der Waals surface area contributed by atoms with Gasteiger partial charge in [0.2, 0.25) is 5.91 Å². The maximum absolute atomic E-state index is 11.9. The first-order chi connectivity index (χ1) is 6.72. The van der Waals surface area contributed by atoms with Crippen LogP contribution < -0.4 is 5.73 Å². The molecule has 1 saturated carbocycles. The molecule has 3 heteroatoms. The van der Waals surface area contributed by atoms with Crippen molar-refractivity contribution in [3.63, 3.8) is 0 Å². The molecule has 0 spiro atoms. The van der Waals surface area contributed by atoms with E-state index in [0.717, 1.165) is 32.4 Å². The highest BCUT2D eigenvalue weighted by atomic mass is 16.2. The standard InChI is InChI=1S/C11H20N2O/c1-2-8-6-13(7-10(8)12)11(14)9-4-3-5-9/h8-10H,2-7,12H2,1H3. The van der Waals surface area contributed by atoms with Crippen LogP contribution in [0.4, 0.5) is 0 Å². The van der Waals surface area contributed by atoms with Gasteiger partial charge >= 0.3 is 0 Å². The Bertz CT molecular complexity index is 225. The molecule has 1 aliphatic heterocycles. The van der Waals surface area contributed by atoms with Crippen LogP contribution in [0.3, 0.4) is 0 Å². The zero-order valence-electron chi connectivity index (χ0n) is 8.91. The molecule has 80 valence electrons. The van der Waals surface area contributed by atoms with E-state index in [0.29, 0.717) is 17.7 Å². The highest BCUT2D eigenvalue weighted by molar-refractivity contribution is 5.80. The Balaban J connectivity index is 1.90. The van der Waals surface area contributed by atoms with Crippen LogP contribution >= 0.6 is 0 Å². The smallest absolute Gasteiger partial charge is 0.225 e. The molecule has 2 aliphatic rings. The molecule has 2 N–H and O–H groups in total. The summed E-state index contributed by atoms with van der Waals surface area (Å²) in [5, 5.41) is 0. The Morgan fingerprint density at radius 3 is 2.57 bits per heavy atom. The Hall–Kier alpha value is -0.570. The van der Waals surface area contributed by atoms with Gasteiger partial charge in [-0.3, -0.25) is 4.79 Å². The lowest BCUT2D eigenvalue weighted by molar-refractivity contribution is -0.137. The van der Waals surface area contributed by atoms with Crippen molar-refractivity contribution in [2.75, 3.05) is 13.1 Å². The molecule has 0 bridgehead atoms. The van der Waals surface area contributed by atoms with Gasteiger partial charge in [-0.1, -0.05) is 19.8 Å². The lowest BCUT2D eigenvalue weighted by Crippen LogP contribution is -2.38. The van der Waals surface area contributed by atoms with Crippen LogP contribution in [0.15, 0.2) is 0 Å². The molecule has 14 heavy (non-hydrogen) atoms. The molecule has 0 aromatic rings. The summed E-state index contributed by atoms with van der Waals surface area (Å²) in [6.07, 6.45) is 4.52. The number of likely N-dealkylation sites (tertiary alicyclic amines) is 1. The molecule has 2 rings (SSSR count). The van der Waals surface area contributed by atoms with E-state index in [1.54, 1.807) is 0 Å². The summed E-state index contributed by atoms with van der Waals surface area (Å²) >= 11 is 0. The molecular formula is C11H20N2O. The molecule has 3 nitrogen and oxygen atoms in total. The van der Waals surface area contributed by atoms with Crippen molar-refractivity contribution in [3.05, 3.63) is 0 Å².